The fourth-order valence-electron chi connectivity index (χ4n) is 2.92. The Morgan fingerprint density at radius 3 is 2.00 bits per heavy atom. The Balaban J connectivity index is 1.82. The van der Waals surface area contributed by atoms with Crippen LogP contribution in [0.4, 0.5) is 0 Å². The second kappa shape index (κ2) is 15.8. The zero-order chi connectivity index (χ0) is 21.3. The molecular weight excluding hydrogens is 380 g/mol. The molecule has 0 amide bonds. The maximum Gasteiger partial charge on any atom is 0.146 e. The molecule has 0 aromatic heterocycles. The second-order valence-electron chi connectivity index (χ2n) is 6.90. The molecule has 0 aliphatic carbocycles. The maximum absolute atomic E-state index is 6.23. The average Bonchev–Trinajstić information content (AvgIpc) is 2.80. The average molecular weight is 415 g/mol. The first kappa shape index (κ1) is 24.3. The van der Waals surface area contributed by atoms with Crippen LogP contribution < -0.4 is 0 Å². The van der Waals surface area contributed by atoms with E-state index in [0.717, 1.165) is 24.0 Å². The molecule has 0 radical (unpaired) electrons. The summed E-state index contributed by atoms with van der Waals surface area (Å²) >= 11 is 0. The van der Waals surface area contributed by atoms with Crippen LogP contribution in [0.2, 0.25) is 0 Å². The van der Waals surface area contributed by atoms with E-state index in [4.69, 9.17) is 23.7 Å². The number of ether oxygens (including phenoxy) is 5. The van der Waals surface area contributed by atoms with Crippen LogP contribution >= 0.6 is 0 Å². The van der Waals surface area contributed by atoms with E-state index >= 15 is 0 Å². The van der Waals surface area contributed by atoms with E-state index in [0.29, 0.717) is 33.0 Å². The summed E-state index contributed by atoms with van der Waals surface area (Å²) in [7, 11) is 1.65. The molecule has 0 aliphatic heterocycles. The molecule has 0 spiro atoms. The van der Waals surface area contributed by atoms with E-state index in [9.17, 15) is 0 Å². The Bertz CT molecular complexity index is 662. The van der Waals surface area contributed by atoms with Crippen molar-refractivity contribution in [1.82, 2.24) is 0 Å². The van der Waals surface area contributed by atoms with Crippen molar-refractivity contribution in [2.45, 2.75) is 38.3 Å². The van der Waals surface area contributed by atoms with Gasteiger partial charge in [0.2, 0.25) is 0 Å². The quantitative estimate of drug-likeness (QED) is 0.212. The monoisotopic (exact) mass is 414 g/mol. The van der Waals surface area contributed by atoms with Gasteiger partial charge in [0.05, 0.1) is 32.5 Å². The lowest BCUT2D eigenvalue weighted by Gasteiger charge is -2.25. The van der Waals surface area contributed by atoms with Crippen LogP contribution in [0.5, 0.6) is 0 Å². The molecular formula is C25H34O5. The molecule has 164 valence electrons. The lowest BCUT2D eigenvalue weighted by atomic mass is 10.1. The number of rotatable bonds is 17. The number of methoxy groups -OCH3 is 1. The Labute approximate surface area is 180 Å². The molecule has 2 atom stereocenters. The van der Waals surface area contributed by atoms with Crippen LogP contribution in [0, 0.1) is 0 Å². The van der Waals surface area contributed by atoms with Crippen LogP contribution in [0.3, 0.4) is 0 Å². The maximum atomic E-state index is 6.23. The molecule has 5 nitrogen and oxygen atoms in total. The zero-order valence-corrected chi connectivity index (χ0v) is 17.9. The Kier molecular flexibility index (Phi) is 12.7. The SMILES string of the molecule is C=C[C@@H](OCc1ccccc1)[C@@H](CCCOCOCCOC)OCc1ccccc1. The van der Waals surface area contributed by atoms with Crippen LogP contribution in [0.25, 0.3) is 0 Å². The van der Waals surface area contributed by atoms with E-state index in [-0.39, 0.29) is 19.0 Å². The fourth-order valence-corrected chi connectivity index (χ4v) is 2.92. The molecule has 2 aromatic rings. The smallest absolute Gasteiger partial charge is 0.146 e. The number of benzene rings is 2. The van der Waals surface area contributed by atoms with Gasteiger partial charge in [-0.25, -0.2) is 0 Å². The van der Waals surface area contributed by atoms with Gasteiger partial charge >= 0.3 is 0 Å². The van der Waals surface area contributed by atoms with Gasteiger partial charge in [-0.15, -0.1) is 6.58 Å². The minimum atomic E-state index is -0.202. The van der Waals surface area contributed by atoms with E-state index in [1.54, 1.807) is 7.11 Å². The third kappa shape index (κ3) is 10.1. The molecule has 0 fully saturated rings. The van der Waals surface area contributed by atoms with Crippen LogP contribution in [-0.4, -0.2) is 45.9 Å². The first-order valence-corrected chi connectivity index (χ1v) is 10.4. The van der Waals surface area contributed by atoms with Gasteiger partial charge in [0, 0.05) is 13.7 Å². The first-order valence-electron chi connectivity index (χ1n) is 10.4. The highest BCUT2D eigenvalue weighted by Gasteiger charge is 2.20. The molecule has 2 aromatic carbocycles. The van der Waals surface area contributed by atoms with E-state index in [1.165, 1.54) is 0 Å². The summed E-state index contributed by atoms with van der Waals surface area (Å²) in [6.07, 6.45) is 3.16. The summed E-state index contributed by atoms with van der Waals surface area (Å²) in [6.45, 7) is 6.99. The minimum Gasteiger partial charge on any atom is -0.382 e. The molecule has 5 heteroatoms. The molecule has 0 saturated heterocycles. The normalized spacial score (nSPS) is 13.1. The van der Waals surface area contributed by atoms with E-state index in [1.807, 2.05) is 42.5 Å². The highest BCUT2D eigenvalue weighted by atomic mass is 16.7. The third-order valence-electron chi connectivity index (χ3n) is 4.57. The second-order valence-corrected chi connectivity index (χ2v) is 6.90. The zero-order valence-electron chi connectivity index (χ0n) is 17.9. The van der Waals surface area contributed by atoms with Crippen molar-refractivity contribution in [3.8, 4) is 0 Å². The van der Waals surface area contributed by atoms with Crippen molar-refractivity contribution in [2.75, 3.05) is 33.7 Å². The van der Waals surface area contributed by atoms with Crippen LogP contribution in [0.1, 0.15) is 24.0 Å². The molecule has 30 heavy (non-hydrogen) atoms. The molecule has 0 unspecified atom stereocenters. The predicted octanol–water partition coefficient (Wildman–Crippen LogP) is 4.76. The van der Waals surface area contributed by atoms with Crippen LogP contribution in [-0.2, 0) is 36.9 Å². The van der Waals surface area contributed by atoms with Crippen molar-refractivity contribution in [2.24, 2.45) is 0 Å². The van der Waals surface area contributed by atoms with Crippen molar-refractivity contribution in [1.29, 1.82) is 0 Å². The van der Waals surface area contributed by atoms with Crippen molar-refractivity contribution >= 4 is 0 Å². The summed E-state index contributed by atoms with van der Waals surface area (Å²) < 4.78 is 28.2. The van der Waals surface area contributed by atoms with Gasteiger partial charge in [-0.2, -0.15) is 0 Å². The van der Waals surface area contributed by atoms with E-state index < -0.39 is 0 Å². The molecule has 0 aliphatic rings. The standard InChI is InChI=1S/C25H34O5/c1-3-24(29-19-22-11-6-4-7-12-22)25(30-20-23-13-8-5-9-14-23)15-10-16-27-21-28-18-17-26-2/h3-9,11-14,24-25H,1,10,15-21H2,2H3/t24-,25-/m1/s1. The molecule has 0 heterocycles. The van der Waals surface area contributed by atoms with Gasteiger partial charge < -0.3 is 23.7 Å². The molecule has 0 N–H and O–H groups in total. The number of hydrogen-bond donors (Lipinski definition) is 0. The van der Waals surface area contributed by atoms with Crippen LogP contribution in [0.15, 0.2) is 73.3 Å². The molecule has 2 rings (SSSR count). The Morgan fingerprint density at radius 2 is 1.40 bits per heavy atom. The summed E-state index contributed by atoms with van der Waals surface area (Å²) in [5, 5.41) is 0. The summed E-state index contributed by atoms with van der Waals surface area (Å²) in [5.74, 6) is 0. The lowest BCUT2D eigenvalue weighted by molar-refractivity contribution is -0.0828. The van der Waals surface area contributed by atoms with Crippen molar-refractivity contribution < 1.29 is 23.7 Å². The van der Waals surface area contributed by atoms with E-state index in [2.05, 4.69) is 30.8 Å². The lowest BCUT2D eigenvalue weighted by Crippen LogP contribution is -2.30. The molecule has 0 saturated carbocycles. The third-order valence-corrected chi connectivity index (χ3v) is 4.57. The highest BCUT2D eigenvalue weighted by molar-refractivity contribution is 5.14. The Morgan fingerprint density at radius 1 is 0.800 bits per heavy atom. The van der Waals surface area contributed by atoms with Crippen molar-refractivity contribution in [3.05, 3.63) is 84.4 Å². The predicted molar refractivity (Wildman–Crippen MR) is 118 cm³/mol. The van der Waals surface area contributed by atoms with Crippen molar-refractivity contribution in [3.63, 3.8) is 0 Å². The van der Waals surface area contributed by atoms with Gasteiger partial charge in [0.15, 0.2) is 0 Å². The van der Waals surface area contributed by atoms with Gasteiger partial charge in [-0.3, -0.25) is 0 Å². The van der Waals surface area contributed by atoms with Gasteiger partial charge in [-0.05, 0) is 24.0 Å². The summed E-state index contributed by atoms with van der Waals surface area (Å²) in [5.41, 5.74) is 2.26. The van der Waals surface area contributed by atoms with Gasteiger partial charge in [0.1, 0.15) is 12.9 Å². The van der Waals surface area contributed by atoms with Gasteiger partial charge in [-0.1, -0.05) is 66.7 Å². The minimum absolute atomic E-state index is 0.107. The fraction of sp³-hybridized carbons (Fsp3) is 0.440. The Hall–Kier alpha value is -2.02. The summed E-state index contributed by atoms with van der Waals surface area (Å²) in [6, 6.07) is 20.3. The first-order chi connectivity index (χ1) is 14.8. The summed E-state index contributed by atoms with van der Waals surface area (Å²) in [4.78, 5) is 0. The number of hydrogen-bond acceptors (Lipinski definition) is 5. The highest BCUT2D eigenvalue weighted by Crippen LogP contribution is 2.17. The molecule has 0 bridgehead atoms. The van der Waals surface area contributed by atoms with Gasteiger partial charge in [0.25, 0.3) is 0 Å². The largest absolute Gasteiger partial charge is 0.382 e. The topological polar surface area (TPSA) is 46.2 Å².